The number of hydrogen-bond acceptors (Lipinski definition) is 4. The summed E-state index contributed by atoms with van der Waals surface area (Å²) in [5.74, 6) is -0.371. The fourth-order valence-corrected chi connectivity index (χ4v) is 3.33. The molecule has 0 atom stereocenters. The van der Waals surface area contributed by atoms with Crippen LogP contribution in [0.25, 0.3) is 10.8 Å². The van der Waals surface area contributed by atoms with Gasteiger partial charge in [-0.3, -0.25) is 19.3 Å². The second kappa shape index (κ2) is 7.15. The summed E-state index contributed by atoms with van der Waals surface area (Å²) in [7, 11) is 1.53. The van der Waals surface area contributed by atoms with Gasteiger partial charge in [0.1, 0.15) is 5.75 Å². The van der Waals surface area contributed by atoms with Gasteiger partial charge in [-0.1, -0.05) is 30.3 Å². The van der Waals surface area contributed by atoms with Crippen LogP contribution in [0, 0.1) is 0 Å². The van der Waals surface area contributed by atoms with Crippen LogP contribution in [-0.4, -0.2) is 42.8 Å². The van der Waals surface area contributed by atoms with Gasteiger partial charge in [-0.15, -0.1) is 0 Å². The van der Waals surface area contributed by atoms with Crippen LogP contribution in [0.15, 0.2) is 60.7 Å². The second-order valence-electron chi connectivity index (χ2n) is 6.49. The van der Waals surface area contributed by atoms with Crippen molar-refractivity contribution in [3.63, 3.8) is 0 Å². The van der Waals surface area contributed by atoms with Crippen molar-refractivity contribution in [2.24, 2.45) is 0 Å². The fourth-order valence-electron chi connectivity index (χ4n) is 3.33. The summed E-state index contributed by atoms with van der Waals surface area (Å²) in [6.07, 6.45) is 0. The average molecular weight is 374 g/mol. The highest BCUT2D eigenvalue weighted by atomic mass is 16.5. The lowest BCUT2D eigenvalue weighted by Crippen LogP contribution is -2.38. The lowest BCUT2D eigenvalue weighted by molar-refractivity contribution is 0.0650. The predicted molar refractivity (Wildman–Crippen MR) is 105 cm³/mol. The topological polar surface area (TPSA) is 75.7 Å². The van der Waals surface area contributed by atoms with Crippen molar-refractivity contribution >= 4 is 28.5 Å². The number of carbonyl (C=O) groups is 3. The molecule has 28 heavy (non-hydrogen) atoms. The summed E-state index contributed by atoms with van der Waals surface area (Å²) < 4.78 is 5.11. The molecule has 1 aliphatic rings. The molecule has 0 saturated carbocycles. The van der Waals surface area contributed by atoms with Gasteiger partial charge in [-0.2, -0.15) is 0 Å². The Morgan fingerprint density at radius 2 is 1.57 bits per heavy atom. The first kappa shape index (κ1) is 17.7. The molecule has 0 saturated heterocycles. The molecule has 0 bridgehead atoms. The minimum Gasteiger partial charge on any atom is -0.497 e. The van der Waals surface area contributed by atoms with E-state index in [4.69, 9.17) is 4.74 Å². The Bertz CT molecular complexity index is 1050. The molecule has 1 aliphatic heterocycles. The lowest BCUT2D eigenvalue weighted by Gasteiger charge is -2.14. The van der Waals surface area contributed by atoms with Crippen molar-refractivity contribution < 1.29 is 19.1 Å². The van der Waals surface area contributed by atoms with E-state index in [0.717, 1.165) is 10.8 Å². The molecular formula is C22H18N2O4. The summed E-state index contributed by atoms with van der Waals surface area (Å²) in [6.45, 7) is 0.277. The largest absolute Gasteiger partial charge is 0.497 e. The van der Waals surface area contributed by atoms with Crippen LogP contribution in [0.3, 0.4) is 0 Å². The second-order valence-corrected chi connectivity index (χ2v) is 6.49. The number of carbonyl (C=O) groups excluding carboxylic acids is 3. The van der Waals surface area contributed by atoms with E-state index in [1.54, 1.807) is 36.4 Å². The Balaban J connectivity index is 1.45. The molecule has 3 aromatic carbocycles. The minimum atomic E-state index is -0.332. The molecule has 6 nitrogen and oxygen atoms in total. The maximum Gasteiger partial charge on any atom is 0.261 e. The zero-order valence-corrected chi connectivity index (χ0v) is 15.3. The molecule has 0 unspecified atom stereocenters. The molecule has 0 aromatic heterocycles. The van der Waals surface area contributed by atoms with Crippen LogP contribution >= 0.6 is 0 Å². The Hall–Kier alpha value is -3.67. The maximum atomic E-state index is 12.7. The first-order valence-electron chi connectivity index (χ1n) is 8.90. The smallest absolute Gasteiger partial charge is 0.261 e. The number of nitrogens with zero attached hydrogens (tertiary/aromatic N) is 1. The van der Waals surface area contributed by atoms with Crippen LogP contribution in [0.4, 0.5) is 0 Å². The van der Waals surface area contributed by atoms with E-state index in [0.29, 0.717) is 22.4 Å². The Labute approximate surface area is 161 Å². The van der Waals surface area contributed by atoms with Gasteiger partial charge >= 0.3 is 0 Å². The molecule has 3 amide bonds. The molecule has 140 valence electrons. The standard InChI is InChI=1S/C22H18N2O4/c1-28-17-8-4-7-16(11-17)20(25)23-9-10-24-21(26)18-12-14-5-2-3-6-15(14)13-19(18)22(24)27/h2-8,11-13H,9-10H2,1H3,(H,23,25). The summed E-state index contributed by atoms with van der Waals surface area (Å²) in [6, 6.07) is 17.9. The molecule has 1 N–H and O–H groups in total. The molecule has 4 rings (SSSR count). The number of amides is 3. The summed E-state index contributed by atoms with van der Waals surface area (Å²) in [5, 5.41) is 4.56. The van der Waals surface area contributed by atoms with Crippen LogP contribution in [0.1, 0.15) is 31.1 Å². The molecular weight excluding hydrogens is 356 g/mol. The van der Waals surface area contributed by atoms with Gasteiger partial charge in [0.2, 0.25) is 0 Å². The van der Waals surface area contributed by atoms with Gasteiger partial charge < -0.3 is 10.1 Å². The van der Waals surface area contributed by atoms with E-state index in [1.165, 1.54) is 12.0 Å². The van der Waals surface area contributed by atoms with Crippen LogP contribution in [0.2, 0.25) is 0 Å². The van der Waals surface area contributed by atoms with Gasteiger partial charge in [0, 0.05) is 18.7 Å². The molecule has 0 radical (unpaired) electrons. The number of benzene rings is 3. The van der Waals surface area contributed by atoms with Crippen LogP contribution < -0.4 is 10.1 Å². The average Bonchev–Trinajstić information content (AvgIpc) is 2.96. The summed E-state index contributed by atoms with van der Waals surface area (Å²) >= 11 is 0. The third-order valence-electron chi connectivity index (χ3n) is 4.79. The van der Waals surface area contributed by atoms with Crippen molar-refractivity contribution in [2.75, 3.05) is 20.2 Å². The number of fused-ring (bicyclic) bond motifs is 2. The molecule has 6 heteroatoms. The van der Waals surface area contributed by atoms with Gasteiger partial charge in [-0.05, 0) is 41.1 Å². The van der Waals surface area contributed by atoms with Crippen molar-refractivity contribution in [2.45, 2.75) is 0 Å². The molecule has 0 fully saturated rings. The van der Waals surface area contributed by atoms with Gasteiger partial charge in [0.25, 0.3) is 17.7 Å². The SMILES string of the molecule is COc1cccc(C(=O)NCCN2C(=O)c3cc4ccccc4cc3C2=O)c1. The predicted octanol–water partition coefficient (Wildman–Crippen LogP) is 2.87. The number of imide groups is 1. The van der Waals surface area contributed by atoms with Gasteiger partial charge in [0.05, 0.1) is 18.2 Å². The van der Waals surface area contributed by atoms with Crippen LogP contribution in [0.5, 0.6) is 5.75 Å². The molecule has 0 spiro atoms. The highest BCUT2D eigenvalue weighted by Gasteiger charge is 2.35. The third kappa shape index (κ3) is 3.09. The number of ether oxygens (including phenoxy) is 1. The number of methoxy groups -OCH3 is 1. The van der Waals surface area contributed by atoms with E-state index in [9.17, 15) is 14.4 Å². The summed E-state index contributed by atoms with van der Waals surface area (Å²) in [5.41, 5.74) is 1.26. The Morgan fingerprint density at radius 1 is 0.929 bits per heavy atom. The quantitative estimate of drug-likeness (QED) is 0.697. The normalized spacial score (nSPS) is 13.0. The van der Waals surface area contributed by atoms with E-state index in [-0.39, 0.29) is 30.8 Å². The van der Waals surface area contributed by atoms with Gasteiger partial charge in [-0.25, -0.2) is 0 Å². The maximum absolute atomic E-state index is 12.7. The van der Waals surface area contributed by atoms with Gasteiger partial charge in [0.15, 0.2) is 0 Å². The molecule has 0 aliphatic carbocycles. The molecule has 3 aromatic rings. The van der Waals surface area contributed by atoms with Crippen molar-refractivity contribution in [1.29, 1.82) is 0 Å². The Morgan fingerprint density at radius 3 is 2.18 bits per heavy atom. The monoisotopic (exact) mass is 374 g/mol. The Kier molecular flexibility index (Phi) is 4.53. The number of nitrogens with one attached hydrogen (secondary N) is 1. The number of rotatable bonds is 5. The third-order valence-corrected chi connectivity index (χ3v) is 4.79. The minimum absolute atomic E-state index is 0.110. The zero-order chi connectivity index (χ0) is 19.7. The molecule has 1 heterocycles. The van der Waals surface area contributed by atoms with E-state index in [1.807, 2.05) is 24.3 Å². The fraction of sp³-hybridized carbons (Fsp3) is 0.136. The van der Waals surface area contributed by atoms with E-state index in [2.05, 4.69) is 5.32 Å². The lowest BCUT2D eigenvalue weighted by atomic mass is 10.0. The first-order chi connectivity index (χ1) is 13.6. The van der Waals surface area contributed by atoms with Crippen molar-refractivity contribution in [3.8, 4) is 5.75 Å². The first-order valence-corrected chi connectivity index (χ1v) is 8.90. The van der Waals surface area contributed by atoms with E-state index >= 15 is 0 Å². The highest BCUT2D eigenvalue weighted by Crippen LogP contribution is 2.27. The highest BCUT2D eigenvalue weighted by molar-refractivity contribution is 6.23. The van der Waals surface area contributed by atoms with Crippen molar-refractivity contribution in [3.05, 3.63) is 77.4 Å². The van der Waals surface area contributed by atoms with E-state index < -0.39 is 0 Å². The van der Waals surface area contributed by atoms with Crippen LogP contribution in [-0.2, 0) is 0 Å². The summed E-state index contributed by atoms with van der Waals surface area (Å²) in [4.78, 5) is 38.8. The van der Waals surface area contributed by atoms with Crippen molar-refractivity contribution in [1.82, 2.24) is 10.2 Å². The zero-order valence-electron chi connectivity index (χ0n) is 15.3. The number of hydrogen-bond donors (Lipinski definition) is 1.